The molecule has 0 amide bonds. The maximum atomic E-state index is 12.5. The van der Waals surface area contributed by atoms with E-state index in [-0.39, 0.29) is 5.78 Å². The van der Waals surface area contributed by atoms with Crippen LogP contribution in [0.5, 0.6) is 5.75 Å². The van der Waals surface area contributed by atoms with Gasteiger partial charge < -0.3 is 4.74 Å². The monoisotopic (exact) mass is 286 g/mol. The fourth-order valence-electron chi connectivity index (χ4n) is 2.59. The number of carbonyl (C=O) groups is 1. The number of carbonyl (C=O) groups excluding carboxylic acids is 1. The van der Waals surface area contributed by atoms with E-state index in [1.165, 1.54) is 0 Å². The Kier molecular flexibility index (Phi) is 4.46. The maximum absolute atomic E-state index is 12.5. The summed E-state index contributed by atoms with van der Waals surface area (Å²) < 4.78 is 7.15. The highest BCUT2D eigenvalue weighted by molar-refractivity contribution is 5.99. The number of aromatic nitrogens is 2. The Hall–Kier alpha value is -2.10. The Balaban J connectivity index is 2.17. The number of methoxy groups -OCH3 is 1. The Bertz CT molecular complexity index is 672. The standard InChI is InChI=1S/C17H22N2O2/c1-11-6-9-17(21-5)15(10-11)16(20)8-7-14-12(2)18-19(4)13(14)3/h6,9-10H,7-8H2,1-5H3. The first-order valence-corrected chi connectivity index (χ1v) is 7.11. The zero-order chi connectivity index (χ0) is 15.6. The Morgan fingerprint density at radius 1 is 1.29 bits per heavy atom. The molecule has 21 heavy (non-hydrogen) atoms. The molecule has 1 heterocycles. The van der Waals surface area contributed by atoms with Gasteiger partial charge in [0.1, 0.15) is 5.75 Å². The van der Waals surface area contributed by atoms with Gasteiger partial charge in [-0.15, -0.1) is 0 Å². The molecule has 0 fully saturated rings. The van der Waals surface area contributed by atoms with E-state index in [1.54, 1.807) is 7.11 Å². The lowest BCUT2D eigenvalue weighted by atomic mass is 10.00. The number of rotatable bonds is 5. The Morgan fingerprint density at radius 2 is 2.00 bits per heavy atom. The molecule has 0 aliphatic carbocycles. The van der Waals surface area contributed by atoms with E-state index in [0.29, 0.717) is 24.2 Å². The molecule has 0 unspecified atom stereocenters. The number of ether oxygens (including phenoxy) is 1. The average Bonchev–Trinajstić information content (AvgIpc) is 2.70. The molecule has 2 aromatic rings. The minimum absolute atomic E-state index is 0.109. The number of benzene rings is 1. The maximum Gasteiger partial charge on any atom is 0.166 e. The number of aryl methyl sites for hydroxylation is 3. The molecule has 0 N–H and O–H groups in total. The summed E-state index contributed by atoms with van der Waals surface area (Å²) in [6, 6.07) is 5.69. The average molecular weight is 286 g/mol. The Labute approximate surface area is 125 Å². The summed E-state index contributed by atoms with van der Waals surface area (Å²) in [4.78, 5) is 12.5. The first-order chi connectivity index (χ1) is 9.93. The summed E-state index contributed by atoms with van der Waals surface area (Å²) in [5.41, 5.74) is 5.01. The Morgan fingerprint density at radius 3 is 2.57 bits per heavy atom. The second-order valence-electron chi connectivity index (χ2n) is 5.40. The highest BCUT2D eigenvalue weighted by Gasteiger charge is 2.15. The van der Waals surface area contributed by atoms with Gasteiger partial charge in [0.05, 0.1) is 18.4 Å². The smallest absolute Gasteiger partial charge is 0.166 e. The van der Waals surface area contributed by atoms with Crippen molar-refractivity contribution in [3.05, 3.63) is 46.3 Å². The van der Waals surface area contributed by atoms with Crippen LogP contribution in [0.1, 0.15) is 39.3 Å². The quantitative estimate of drug-likeness (QED) is 0.793. The van der Waals surface area contributed by atoms with Gasteiger partial charge >= 0.3 is 0 Å². The largest absolute Gasteiger partial charge is 0.496 e. The number of Topliss-reactive ketones (excluding diaryl/α,β-unsaturated/α-hetero) is 1. The van der Waals surface area contributed by atoms with Crippen LogP contribution >= 0.6 is 0 Å². The third-order valence-electron chi connectivity index (χ3n) is 3.92. The molecule has 112 valence electrons. The highest BCUT2D eigenvalue weighted by Crippen LogP contribution is 2.23. The van der Waals surface area contributed by atoms with Crippen LogP contribution in [0.4, 0.5) is 0 Å². The summed E-state index contributed by atoms with van der Waals surface area (Å²) in [7, 11) is 3.52. The molecule has 4 heteroatoms. The van der Waals surface area contributed by atoms with Gasteiger partial charge in [-0.3, -0.25) is 9.48 Å². The lowest BCUT2D eigenvalue weighted by molar-refractivity contribution is 0.0979. The molecular weight excluding hydrogens is 264 g/mol. The predicted molar refractivity (Wildman–Crippen MR) is 83.1 cm³/mol. The van der Waals surface area contributed by atoms with Crippen molar-refractivity contribution < 1.29 is 9.53 Å². The van der Waals surface area contributed by atoms with Gasteiger partial charge in [-0.1, -0.05) is 11.6 Å². The van der Waals surface area contributed by atoms with E-state index in [4.69, 9.17) is 4.74 Å². The second-order valence-corrected chi connectivity index (χ2v) is 5.40. The van der Waals surface area contributed by atoms with E-state index in [1.807, 2.05) is 50.7 Å². The van der Waals surface area contributed by atoms with Crippen LogP contribution in [-0.2, 0) is 13.5 Å². The molecule has 1 aromatic carbocycles. The van der Waals surface area contributed by atoms with Gasteiger partial charge in [-0.05, 0) is 44.9 Å². The van der Waals surface area contributed by atoms with Crippen molar-refractivity contribution in [2.75, 3.05) is 7.11 Å². The van der Waals surface area contributed by atoms with Crippen LogP contribution in [0.3, 0.4) is 0 Å². The second kappa shape index (κ2) is 6.12. The lowest BCUT2D eigenvalue weighted by Crippen LogP contribution is -2.05. The van der Waals surface area contributed by atoms with E-state index in [0.717, 1.165) is 22.5 Å². The number of ketones is 1. The summed E-state index contributed by atoms with van der Waals surface area (Å²) >= 11 is 0. The zero-order valence-electron chi connectivity index (χ0n) is 13.4. The van der Waals surface area contributed by atoms with Gasteiger partial charge in [-0.2, -0.15) is 5.10 Å². The van der Waals surface area contributed by atoms with Crippen LogP contribution in [0.2, 0.25) is 0 Å². The van der Waals surface area contributed by atoms with Crippen molar-refractivity contribution in [2.45, 2.75) is 33.6 Å². The van der Waals surface area contributed by atoms with Crippen molar-refractivity contribution in [2.24, 2.45) is 7.05 Å². The first kappa shape index (κ1) is 15.3. The fraction of sp³-hybridized carbons (Fsp3) is 0.412. The van der Waals surface area contributed by atoms with Gasteiger partial charge in [0, 0.05) is 19.2 Å². The van der Waals surface area contributed by atoms with Crippen LogP contribution < -0.4 is 4.74 Å². The summed E-state index contributed by atoms with van der Waals surface area (Å²) in [6.07, 6.45) is 1.18. The highest BCUT2D eigenvalue weighted by atomic mass is 16.5. The summed E-state index contributed by atoms with van der Waals surface area (Å²) in [5.74, 6) is 0.753. The molecule has 0 saturated carbocycles. The molecular formula is C17H22N2O2. The zero-order valence-corrected chi connectivity index (χ0v) is 13.4. The fourth-order valence-corrected chi connectivity index (χ4v) is 2.59. The molecule has 0 aliphatic heterocycles. The summed E-state index contributed by atoms with van der Waals surface area (Å²) in [5, 5.41) is 4.39. The molecule has 0 spiro atoms. The van der Waals surface area contributed by atoms with Crippen LogP contribution in [-0.4, -0.2) is 22.7 Å². The molecule has 0 bridgehead atoms. The molecule has 0 atom stereocenters. The van der Waals surface area contributed by atoms with Gasteiger partial charge in [0.15, 0.2) is 5.78 Å². The number of nitrogens with zero attached hydrogens (tertiary/aromatic N) is 2. The van der Waals surface area contributed by atoms with Gasteiger partial charge in [0.25, 0.3) is 0 Å². The van der Waals surface area contributed by atoms with Crippen LogP contribution in [0, 0.1) is 20.8 Å². The van der Waals surface area contributed by atoms with Crippen LogP contribution in [0.15, 0.2) is 18.2 Å². The number of hydrogen-bond acceptors (Lipinski definition) is 3. The minimum Gasteiger partial charge on any atom is -0.496 e. The summed E-state index contributed by atoms with van der Waals surface area (Å²) in [6.45, 7) is 6.00. The van der Waals surface area contributed by atoms with Crippen molar-refractivity contribution >= 4 is 5.78 Å². The number of hydrogen-bond donors (Lipinski definition) is 0. The van der Waals surface area contributed by atoms with E-state index in [2.05, 4.69) is 5.10 Å². The third kappa shape index (κ3) is 3.15. The molecule has 4 nitrogen and oxygen atoms in total. The van der Waals surface area contributed by atoms with Crippen LogP contribution in [0.25, 0.3) is 0 Å². The third-order valence-corrected chi connectivity index (χ3v) is 3.92. The van der Waals surface area contributed by atoms with Crippen molar-refractivity contribution in [1.29, 1.82) is 0 Å². The van der Waals surface area contributed by atoms with E-state index in [9.17, 15) is 4.79 Å². The molecule has 0 radical (unpaired) electrons. The molecule has 0 saturated heterocycles. The van der Waals surface area contributed by atoms with Gasteiger partial charge in [0.2, 0.25) is 0 Å². The van der Waals surface area contributed by atoms with Crippen molar-refractivity contribution in [1.82, 2.24) is 9.78 Å². The van der Waals surface area contributed by atoms with Gasteiger partial charge in [-0.25, -0.2) is 0 Å². The molecule has 0 aliphatic rings. The first-order valence-electron chi connectivity index (χ1n) is 7.11. The molecule has 2 rings (SSSR count). The lowest BCUT2D eigenvalue weighted by Gasteiger charge is -2.09. The topological polar surface area (TPSA) is 44.1 Å². The van der Waals surface area contributed by atoms with E-state index >= 15 is 0 Å². The van der Waals surface area contributed by atoms with Crippen molar-refractivity contribution in [3.63, 3.8) is 0 Å². The normalized spacial score (nSPS) is 10.7. The molecule has 1 aromatic heterocycles. The minimum atomic E-state index is 0.109. The van der Waals surface area contributed by atoms with E-state index < -0.39 is 0 Å². The van der Waals surface area contributed by atoms with Crippen molar-refractivity contribution in [3.8, 4) is 5.75 Å². The SMILES string of the molecule is COc1ccc(C)cc1C(=O)CCc1c(C)nn(C)c1C. The predicted octanol–water partition coefficient (Wildman–Crippen LogP) is 3.17.